The van der Waals surface area contributed by atoms with Gasteiger partial charge >= 0.3 is 0 Å². The summed E-state index contributed by atoms with van der Waals surface area (Å²) in [6.45, 7) is 5.42. The van der Waals surface area contributed by atoms with E-state index in [2.05, 4.69) is 52.7 Å². The molecule has 0 aliphatic carbocycles. The van der Waals surface area contributed by atoms with Gasteiger partial charge in [0.15, 0.2) is 5.78 Å². The number of rotatable bonds is 7. The van der Waals surface area contributed by atoms with Gasteiger partial charge in [0.25, 0.3) is 0 Å². The number of benzene rings is 2. The van der Waals surface area contributed by atoms with Crippen molar-refractivity contribution in [3.8, 4) is 0 Å². The number of thioether (sulfide) groups is 1. The van der Waals surface area contributed by atoms with Crippen LogP contribution in [0.15, 0.2) is 53.4 Å². The lowest BCUT2D eigenvalue weighted by molar-refractivity contribution is 0.0973. The first-order valence-electron chi connectivity index (χ1n) is 11.1. The maximum atomic E-state index is 12.7. The van der Waals surface area contributed by atoms with E-state index in [9.17, 15) is 4.79 Å². The third-order valence-electron chi connectivity index (χ3n) is 6.13. The maximum absolute atomic E-state index is 12.7. The topological polar surface area (TPSA) is 32.3 Å². The number of carbonyl (C=O) groups is 1. The highest BCUT2D eigenvalue weighted by molar-refractivity contribution is 8.00. The highest BCUT2D eigenvalue weighted by atomic mass is 32.2. The van der Waals surface area contributed by atoms with Gasteiger partial charge in [-0.15, -0.1) is 11.8 Å². The van der Waals surface area contributed by atoms with Crippen molar-refractivity contribution in [3.05, 3.63) is 65.2 Å². The molecule has 2 aromatic carbocycles. The van der Waals surface area contributed by atoms with Gasteiger partial charge in [-0.05, 0) is 94.2 Å². The Balaban J connectivity index is 1.19. The van der Waals surface area contributed by atoms with Crippen molar-refractivity contribution in [1.29, 1.82) is 0 Å². The molecule has 0 unspecified atom stereocenters. The summed E-state index contributed by atoms with van der Waals surface area (Å²) >= 11 is 2.02. The Bertz CT molecular complexity index is 800. The van der Waals surface area contributed by atoms with E-state index >= 15 is 0 Å². The molecule has 1 fully saturated rings. The molecule has 154 valence electrons. The van der Waals surface area contributed by atoms with Crippen LogP contribution in [-0.4, -0.2) is 48.7 Å². The molecule has 0 radical (unpaired) electrons. The van der Waals surface area contributed by atoms with Gasteiger partial charge in [0.2, 0.25) is 0 Å². The molecule has 1 N–H and O–H groups in total. The molecule has 2 aromatic rings. The third kappa shape index (κ3) is 5.94. The highest BCUT2D eigenvalue weighted by Gasteiger charge is 2.20. The van der Waals surface area contributed by atoms with Crippen LogP contribution in [0.1, 0.15) is 47.2 Å². The van der Waals surface area contributed by atoms with E-state index < -0.39 is 0 Å². The van der Waals surface area contributed by atoms with Crippen molar-refractivity contribution in [2.24, 2.45) is 0 Å². The summed E-state index contributed by atoms with van der Waals surface area (Å²) in [5, 5.41) is 4.16. The van der Waals surface area contributed by atoms with Crippen LogP contribution in [0.5, 0.6) is 0 Å². The van der Waals surface area contributed by atoms with E-state index in [0.717, 1.165) is 62.8 Å². The molecular formula is C25H32N2OS. The summed E-state index contributed by atoms with van der Waals surface area (Å²) in [4.78, 5) is 16.6. The molecule has 0 aromatic heterocycles. The Morgan fingerprint density at radius 3 is 2.55 bits per heavy atom. The van der Waals surface area contributed by atoms with Crippen molar-refractivity contribution >= 4 is 17.5 Å². The standard InChI is InChI=1S/C25H32N2OS/c28-25(22-9-8-20-10-14-26-15-11-21(20)19-22)7-4-16-27-17-12-24(13-18-27)29-23-5-2-1-3-6-23/h1-3,5-6,8-9,19,24,26H,4,7,10-18H2. The van der Waals surface area contributed by atoms with Crippen LogP contribution < -0.4 is 5.32 Å². The van der Waals surface area contributed by atoms with Gasteiger partial charge in [0.1, 0.15) is 0 Å². The lowest BCUT2D eigenvalue weighted by atomic mass is 9.97. The number of likely N-dealkylation sites (tertiary alicyclic amines) is 1. The lowest BCUT2D eigenvalue weighted by Crippen LogP contribution is -2.35. The fourth-order valence-corrected chi connectivity index (χ4v) is 5.54. The number of fused-ring (bicyclic) bond motifs is 1. The van der Waals surface area contributed by atoms with E-state index in [4.69, 9.17) is 0 Å². The van der Waals surface area contributed by atoms with Gasteiger partial charge < -0.3 is 10.2 Å². The van der Waals surface area contributed by atoms with Gasteiger partial charge in [-0.2, -0.15) is 0 Å². The summed E-state index contributed by atoms with van der Waals surface area (Å²) in [5.41, 5.74) is 3.67. The number of nitrogens with one attached hydrogen (secondary N) is 1. The molecule has 0 amide bonds. The minimum absolute atomic E-state index is 0.305. The predicted octanol–water partition coefficient (Wildman–Crippen LogP) is 4.59. The smallest absolute Gasteiger partial charge is 0.162 e. The van der Waals surface area contributed by atoms with Crippen LogP contribution in [-0.2, 0) is 12.8 Å². The molecule has 4 heteroatoms. The molecule has 4 rings (SSSR count). The number of hydrogen-bond acceptors (Lipinski definition) is 4. The second kappa shape index (κ2) is 10.4. The number of piperidine rings is 1. The molecule has 2 aliphatic heterocycles. The van der Waals surface area contributed by atoms with Crippen molar-refractivity contribution in [1.82, 2.24) is 10.2 Å². The summed E-state index contributed by atoms with van der Waals surface area (Å²) in [6, 6.07) is 17.1. The number of carbonyl (C=O) groups excluding carboxylic acids is 1. The van der Waals surface area contributed by atoms with Crippen LogP contribution >= 0.6 is 11.8 Å². The first-order valence-corrected chi connectivity index (χ1v) is 12.0. The van der Waals surface area contributed by atoms with Gasteiger partial charge in [-0.3, -0.25) is 4.79 Å². The summed E-state index contributed by atoms with van der Waals surface area (Å²) < 4.78 is 0. The average molecular weight is 409 g/mol. The number of nitrogens with zero attached hydrogens (tertiary/aromatic N) is 1. The first-order chi connectivity index (χ1) is 14.3. The number of Topliss-reactive ketones (excluding diaryl/α,β-unsaturated/α-hetero) is 1. The minimum atomic E-state index is 0.305. The van der Waals surface area contributed by atoms with Crippen LogP contribution in [0.2, 0.25) is 0 Å². The van der Waals surface area contributed by atoms with Gasteiger partial charge in [-0.1, -0.05) is 30.3 Å². The third-order valence-corrected chi connectivity index (χ3v) is 7.48. The van der Waals surface area contributed by atoms with E-state index in [-0.39, 0.29) is 0 Å². The molecule has 2 aliphatic rings. The minimum Gasteiger partial charge on any atom is -0.316 e. The lowest BCUT2D eigenvalue weighted by Gasteiger charge is -2.31. The predicted molar refractivity (Wildman–Crippen MR) is 122 cm³/mol. The van der Waals surface area contributed by atoms with Crippen molar-refractivity contribution in [3.63, 3.8) is 0 Å². The van der Waals surface area contributed by atoms with E-state index in [0.29, 0.717) is 12.2 Å². The summed E-state index contributed by atoms with van der Waals surface area (Å²) in [5.74, 6) is 0.305. The second-order valence-electron chi connectivity index (χ2n) is 8.23. The fourth-order valence-electron chi connectivity index (χ4n) is 4.40. The molecule has 29 heavy (non-hydrogen) atoms. The van der Waals surface area contributed by atoms with Gasteiger partial charge in [0.05, 0.1) is 0 Å². The molecule has 0 bridgehead atoms. The fraction of sp³-hybridized carbons (Fsp3) is 0.480. The van der Waals surface area contributed by atoms with Crippen LogP contribution in [0.3, 0.4) is 0 Å². The van der Waals surface area contributed by atoms with Crippen LogP contribution in [0, 0.1) is 0 Å². The summed E-state index contributed by atoms with van der Waals surface area (Å²) in [6.07, 6.45) is 6.22. The van der Waals surface area contributed by atoms with Gasteiger partial charge in [0, 0.05) is 22.1 Å². The molecule has 3 nitrogen and oxygen atoms in total. The van der Waals surface area contributed by atoms with Crippen molar-refractivity contribution in [2.45, 2.75) is 48.7 Å². The Labute approximate surface area is 179 Å². The zero-order chi connectivity index (χ0) is 19.9. The largest absolute Gasteiger partial charge is 0.316 e. The maximum Gasteiger partial charge on any atom is 0.162 e. The molecule has 0 spiro atoms. The van der Waals surface area contributed by atoms with E-state index in [1.807, 2.05) is 17.8 Å². The van der Waals surface area contributed by atoms with E-state index in [1.165, 1.54) is 28.9 Å². The van der Waals surface area contributed by atoms with E-state index in [1.54, 1.807) is 0 Å². The zero-order valence-electron chi connectivity index (χ0n) is 17.2. The Morgan fingerprint density at radius 2 is 1.76 bits per heavy atom. The Hall–Kier alpha value is -1.62. The number of ketones is 1. The molecular weight excluding hydrogens is 376 g/mol. The quantitative estimate of drug-likeness (QED) is 0.679. The number of hydrogen-bond donors (Lipinski definition) is 1. The Kier molecular flexibility index (Phi) is 7.42. The van der Waals surface area contributed by atoms with Crippen molar-refractivity contribution in [2.75, 3.05) is 32.7 Å². The normalized spacial score (nSPS) is 18.2. The second-order valence-corrected chi connectivity index (χ2v) is 9.61. The van der Waals surface area contributed by atoms with Crippen molar-refractivity contribution < 1.29 is 4.79 Å². The highest BCUT2D eigenvalue weighted by Crippen LogP contribution is 2.30. The average Bonchev–Trinajstić information content (AvgIpc) is 3.00. The Morgan fingerprint density at radius 1 is 1.00 bits per heavy atom. The van der Waals surface area contributed by atoms with Gasteiger partial charge in [-0.25, -0.2) is 0 Å². The SMILES string of the molecule is O=C(CCCN1CCC(Sc2ccccc2)CC1)c1ccc2c(c1)CCNCC2. The summed E-state index contributed by atoms with van der Waals surface area (Å²) in [7, 11) is 0. The molecule has 0 saturated carbocycles. The molecule has 0 atom stereocenters. The van der Waals surface area contributed by atoms with Crippen LogP contribution in [0.4, 0.5) is 0 Å². The monoisotopic (exact) mass is 408 g/mol. The molecule has 1 saturated heterocycles. The zero-order valence-corrected chi connectivity index (χ0v) is 18.1. The molecule has 2 heterocycles. The first kappa shape index (κ1) is 20.6. The van der Waals surface area contributed by atoms with Crippen LogP contribution in [0.25, 0.3) is 0 Å².